The zero-order valence-corrected chi connectivity index (χ0v) is 25.8. The van der Waals surface area contributed by atoms with Crippen molar-refractivity contribution in [1.29, 1.82) is 0 Å². The number of halogens is 2. The maximum Gasteiger partial charge on any atom is 0.325 e. The molecular formula is C32H32ClIN2O5. The van der Waals surface area contributed by atoms with E-state index in [9.17, 15) is 9.90 Å². The molecule has 3 aromatic carbocycles. The number of pyridine rings is 1. The zero-order valence-electron chi connectivity index (χ0n) is 22.8. The number of nitrogens with zero attached hydrogens (tertiary/aromatic N) is 1. The minimum absolute atomic E-state index is 0.206. The molecule has 0 saturated heterocycles. The highest BCUT2D eigenvalue weighted by Crippen LogP contribution is 2.35. The first-order valence-corrected chi connectivity index (χ1v) is 14.7. The lowest BCUT2D eigenvalue weighted by Gasteiger charge is -2.20. The van der Waals surface area contributed by atoms with Gasteiger partial charge in [-0.2, -0.15) is 0 Å². The molecule has 7 nitrogen and oxygen atoms in total. The van der Waals surface area contributed by atoms with Crippen LogP contribution in [0.5, 0.6) is 11.5 Å². The first-order chi connectivity index (χ1) is 19.9. The van der Waals surface area contributed by atoms with E-state index in [1.54, 1.807) is 38.4 Å². The topological polar surface area (TPSA) is 89.9 Å². The molecule has 4 rings (SSSR count). The fourth-order valence-corrected chi connectivity index (χ4v) is 5.13. The van der Waals surface area contributed by atoms with Crippen molar-refractivity contribution < 1.29 is 24.1 Å². The van der Waals surface area contributed by atoms with Gasteiger partial charge in [0.25, 0.3) is 0 Å². The van der Waals surface area contributed by atoms with Gasteiger partial charge in [-0.3, -0.25) is 15.1 Å². The SMILES string of the molecule is CC(C)OC(=O)[C@H](CO)NCc1cc(Cl)c(OCc2cccc(-c3ccccc3)c2I)cc1OCc1cccnc1. The van der Waals surface area contributed by atoms with Gasteiger partial charge in [-0.1, -0.05) is 66.2 Å². The summed E-state index contributed by atoms with van der Waals surface area (Å²) in [5.74, 6) is 0.469. The third kappa shape index (κ3) is 8.65. The Morgan fingerprint density at radius 2 is 1.76 bits per heavy atom. The fraction of sp³-hybridized carbons (Fsp3) is 0.250. The summed E-state index contributed by atoms with van der Waals surface area (Å²) in [6.45, 7) is 3.90. The molecule has 1 heterocycles. The van der Waals surface area contributed by atoms with Gasteiger partial charge < -0.3 is 19.3 Å². The van der Waals surface area contributed by atoms with Crippen molar-refractivity contribution in [2.24, 2.45) is 0 Å². The highest BCUT2D eigenvalue weighted by atomic mass is 127. The van der Waals surface area contributed by atoms with Crippen LogP contribution in [0.1, 0.15) is 30.5 Å². The van der Waals surface area contributed by atoms with Crippen molar-refractivity contribution in [3.05, 3.63) is 110 Å². The molecule has 41 heavy (non-hydrogen) atoms. The number of ether oxygens (including phenoxy) is 3. The molecule has 0 unspecified atom stereocenters. The lowest BCUT2D eigenvalue weighted by molar-refractivity contribution is -0.151. The quantitative estimate of drug-likeness (QED) is 0.122. The molecule has 0 radical (unpaired) electrons. The van der Waals surface area contributed by atoms with E-state index in [1.165, 1.54) is 0 Å². The van der Waals surface area contributed by atoms with E-state index in [0.717, 1.165) is 25.8 Å². The number of carbonyl (C=O) groups excluding carboxylic acids is 1. The Kier molecular flexibility index (Phi) is 11.4. The number of aliphatic hydroxyl groups excluding tert-OH is 1. The van der Waals surface area contributed by atoms with Crippen molar-refractivity contribution in [3.8, 4) is 22.6 Å². The van der Waals surface area contributed by atoms with Crippen LogP contribution in [0.2, 0.25) is 5.02 Å². The van der Waals surface area contributed by atoms with Crippen LogP contribution in [0.3, 0.4) is 0 Å². The Balaban J connectivity index is 1.55. The summed E-state index contributed by atoms with van der Waals surface area (Å²) in [7, 11) is 0. The second-order valence-electron chi connectivity index (χ2n) is 9.58. The van der Waals surface area contributed by atoms with E-state index in [-0.39, 0.29) is 19.3 Å². The monoisotopic (exact) mass is 686 g/mol. The molecule has 1 aromatic heterocycles. The molecular weight excluding hydrogens is 655 g/mol. The van der Waals surface area contributed by atoms with Crippen LogP contribution in [0.15, 0.2) is 85.2 Å². The van der Waals surface area contributed by atoms with Crippen molar-refractivity contribution in [2.75, 3.05) is 6.61 Å². The van der Waals surface area contributed by atoms with Gasteiger partial charge >= 0.3 is 5.97 Å². The molecule has 1 atom stereocenters. The van der Waals surface area contributed by atoms with E-state index < -0.39 is 18.6 Å². The van der Waals surface area contributed by atoms with Gasteiger partial charge in [0, 0.05) is 45.3 Å². The fourth-order valence-electron chi connectivity index (χ4n) is 4.06. The van der Waals surface area contributed by atoms with Gasteiger partial charge in [0.2, 0.25) is 0 Å². The standard InChI is InChI=1S/C32H32ClIN2O5/c1-21(2)41-32(38)28(18-37)36-17-25-14-27(33)30(15-29(25)39-19-22-8-7-13-35-16-22)40-20-24-11-6-12-26(31(24)34)23-9-4-3-5-10-23/h3-16,21,28,36-37H,17-20H2,1-2H3/t28-/m0/s1. The first kappa shape index (κ1) is 30.8. The second kappa shape index (κ2) is 15.2. The van der Waals surface area contributed by atoms with Gasteiger partial charge in [0.05, 0.1) is 17.7 Å². The van der Waals surface area contributed by atoms with Gasteiger partial charge in [0.15, 0.2) is 0 Å². The number of rotatable bonds is 13. The van der Waals surface area contributed by atoms with Crippen LogP contribution in [-0.4, -0.2) is 34.8 Å². The number of benzene rings is 3. The lowest BCUT2D eigenvalue weighted by atomic mass is 10.0. The van der Waals surface area contributed by atoms with Crippen LogP contribution in [0.25, 0.3) is 11.1 Å². The van der Waals surface area contributed by atoms with Gasteiger partial charge in [-0.25, -0.2) is 0 Å². The molecule has 214 valence electrons. The smallest absolute Gasteiger partial charge is 0.325 e. The average Bonchev–Trinajstić information content (AvgIpc) is 2.97. The van der Waals surface area contributed by atoms with Crippen molar-refractivity contribution in [1.82, 2.24) is 10.3 Å². The highest BCUT2D eigenvalue weighted by Gasteiger charge is 2.21. The van der Waals surface area contributed by atoms with Crippen molar-refractivity contribution >= 4 is 40.2 Å². The minimum Gasteiger partial charge on any atom is -0.488 e. The maximum atomic E-state index is 12.4. The number of nitrogens with one attached hydrogen (secondary N) is 1. The molecule has 0 bridgehead atoms. The van der Waals surface area contributed by atoms with Gasteiger partial charge in [0.1, 0.15) is 30.8 Å². The van der Waals surface area contributed by atoms with E-state index in [2.05, 4.69) is 51.1 Å². The summed E-state index contributed by atoms with van der Waals surface area (Å²) in [5, 5.41) is 13.2. The Morgan fingerprint density at radius 1 is 0.976 bits per heavy atom. The normalized spacial score (nSPS) is 11.8. The number of esters is 1. The second-order valence-corrected chi connectivity index (χ2v) is 11.1. The summed E-state index contributed by atoms with van der Waals surface area (Å²) in [4.78, 5) is 16.5. The Bertz CT molecular complexity index is 1440. The van der Waals surface area contributed by atoms with Crippen molar-refractivity contribution in [2.45, 2.75) is 45.8 Å². The third-order valence-electron chi connectivity index (χ3n) is 6.14. The summed E-state index contributed by atoms with van der Waals surface area (Å²) in [5.41, 5.74) is 4.89. The van der Waals surface area contributed by atoms with E-state index in [4.69, 9.17) is 25.8 Å². The number of hydrogen-bond acceptors (Lipinski definition) is 7. The molecule has 2 N–H and O–H groups in total. The lowest BCUT2D eigenvalue weighted by Crippen LogP contribution is -2.41. The van der Waals surface area contributed by atoms with Crippen LogP contribution in [0.4, 0.5) is 0 Å². The molecule has 0 spiro atoms. The Labute approximate surface area is 259 Å². The predicted octanol–water partition coefficient (Wildman–Crippen LogP) is 6.57. The molecule has 0 saturated carbocycles. The predicted molar refractivity (Wildman–Crippen MR) is 168 cm³/mol. The van der Waals surface area contributed by atoms with E-state index in [1.807, 2.05) is 42.5 Å². The van der Waals surface area contributed by atoms with E-state index >= 15 is 0 Å². The molecule has 0 aliphatic carbocycles. The Hall–Kier alpha value is -3.18. The average molecular weight is 687 g/mol. The largest absolute Gasteiger partial charge is 0.488 e. The Morgan fingerprint density at radius 3 is 2.46 bits per heavy atom. The summed E-state index contributed by atoms with van der Waals surface area (Å²) in [6.07, 6.45) is 3.14. The molecule has 9 heteroatoms. The molecule has 0 aliphatic rings. The summed E-state index contributed by atoms with van der Waals surface area (Å²) < 4.78 is 18.7. The summed E-state index contributed by atoms with van der Waals surface area (Å²) in [6, 6.07) is 22.7. The maximum absolute atomic E-state index is 12.4. The first-order valence-electron chi connectivity index (χ1n) is 13.2. The van der Waals surface area contributed by atoms with Gasteiger partial charge in [-0.15, -0.1) is 0 Å². The van der Waals surface area contributed by atoms with Crippen LogP contribution in [0, 0.1) is 3.57 Å². The van der Waals surface area contributed by atoms with Gasteiger partial charge in [-0.05, 0) is 59.7 Å². The number of aromatic nitrogens is 1. The molecule has 0 fully saturated rings. The molecule has 4 aromatic rings. The number of aliphatic hydroxyl groups is 1. The zero-order chi connectivity index (χ0) is 29.2. The number of hydrogen-bond donors (Lipinski definition) is 2. The van der Waals surface area contributed by atoms with Crippen LogP contribution < -0.4 is 14.8 Å². The van der Waals surface area contributed by atoms with Crippen LogP contribution in [-0.2, 0) is 29.3 Å². The summed E-state index contributed by atoms with van der Waals surface area (Å²) >= 11 is 9.02. The van der Waals surface area contributed by atoms with Crippen LogP contribution >= 0.6 is 34.2 Å². The van der Waals surface area contributed by atoms with Crippen molar-refractivity contribution in [3.63, 3.8) is 0 Å². The molecule has 0 aliphatic heterocycles. The minimum atomic E-state index is -0.891. The highest BCUT2D eigenvalue weighted by molar-refractivity contribution is 14.1. The number of carbonyl (C=O) groups is 1. The molecule has 0 amide bonds. The third-order valence-corrected chi connectivity index (χ3v) is 7.71. The van der Waals surface area contributed by atoms with E-state index in [0.29, 0.717) is 28.7 Å².